The minimum Gasteiger partial charge on any atom is -0.384 e. The molecule has 0 saturated carbocycles. The maximum atomic E-state index is 12.0. The van der Waals surface area contributed by atoms with E-state index in [-0.39, 0.29) is 25.1 Å². The number of benzene rings is 1. The summed E-state index contributed by atoms with van der Waals surface area (Å²) < 4.78 is 1.26. The van der Waals surface area contributed by atoms with Gasteiger partial charge in [0.05, 0.1) is 24.6 Å². The summed E-state index contributed by atoms with van der Waals surface area (Å²) in [6, 6.07) is 12.7. The maximum absolute atomic E-state index is 12.0. The number of rotatable bonds is 3. The second kappa shape index (κ2) is 7.04. The Labute approximate surface area is 122 Å². The van der Waals surface area contributed by atoms with Crippen molar-refractivity contribution in [3.63, 3.8) is 0 Å². The average Bonchev–Trinajstić information content (AvgIpc) is 2.52. The first-order chi connectivity index (χ1) is 10.3. The van der Waals surface area contributed by atoms with Crippen LogP contribution in [0.1, 0.15) is 12.0 Å². The molecule has 5 nitrogen and oxygen atoms in total. The highest BCUT2D eigenvalue weighted by molar-refractivity contribution is 5.66. The smallest absolute Gasteiger partial charge is 0.268 e. The fourth-order valence-corrected chi connectivity index (χ4v) is 1.85. The van der Waals surface area contributed by atoms with Crippen LogP contribution in [-0.2, 0) is 6.54 Å². The first kappa shape index (κ1) is 14.5. The lowest BCUT2D eigenvalue weighted by Crippen LogP contribution is -2.23. The molecule has 0 unspecified atom stereocenters. The molecule has 104 valence electrons. The van der Waals surface area contributed by atoms with Crippen LogP contribution in [0.5, 0.6) is 0 Å². The third-order valence-electron chi connectivity index (χ3n) is 2.78. The Morgan fingerprint density at radius 2 is 2.05 bits per heavy atom. The number of aromatic nitrogens is 2. The lowest BCUT2D eigenvalue weighted by atomic mass is 10.1. The van der Waals surface area contributed by atoms with Crippen molar-refractivity contribution < 1.29 is 5.11 Å². The summed E-state index contributed by atoms with van der Waals surface area (Å²) in [6.07, 6.45) is 0.211. The van der Waals surface area contributed by atoms with E-state index in [1.807, 2.05) is 36.4 Å². The second-order valence-electron chi connectivity index (χ2n) is 4.20. The third kappa shape index (κ3) is 3.56. The minimum absolute atomic E-state index is 0.211. The van der Waals surface area contributed by atoms with Crippen LogP contribution in [0.3, 0.4) is 0 Å². The molecular weight excluding hydrogens is 266 g/mol. The molecule has 0 radical (unpaired) electrons. The Morgan fingerprint density at radius 3 is 2.71 bits per heavy atom. The van der Waals surface area contributed by atoms with Gasteiger partial charge in [0.1, 0.15) is 12.3 Å². The van der Waals surface area contributed by atoms with Crippen molar-refractivity contribution in [3.8, 4) is 29.2 Å². The largest absolute Gasteiger partial charge is 0.384 e. The zero-order chi connectivity index (χ0) is 15.1. The molecule has 1 aromatic carbocycles. The van der Waals surface area contributed by atoms with E-state index in [4.69, 9.17) is 10.4 Å². The molecule has 0 aliphatic heterocycles. The zero-order valence-electron chi connectivity index (χ0n) is 11.3. The second-order valence-corrected chi connectivity index (χ2v) is 4.20. The van der Waals surface area contributed by atoms with E-state index in [9.17, 15) is 4.79 Å². The standard InChI is InChI=1S/C16H13N3O2/c17-9-5-10-19-15(21)12-14(8-4-11-20)16(18-19)13-6-2-1-3-7-13/h1-3,6-7,12,20H,5,10-11H2. The number of nitrogens with zero attached hydrogens (tertiary/aromatic N) is 3. The summed E-state index contributed by atoms with van der Waals surface area (Å²) in [5.41, 5.74) is 1.54. The number of nitriles is 1. The Morgan fingerprint density at radius 1 is 1.29 bits per heavy atom. The molecule has 2 aromatic rings. The topological polar surface area (TPSA) is 78.9 Å². The van der Waals surface area contributed by atoms with Gasteiger partial charge in [0, 0.05) is 11.6 Å². The van der Waals surface area contributed by atoms with Crippen LogP contribution >= 0.6 is 0 Å². The fraction of sp³-hybridized carbons (Fsp3) is 0.188. The average molecular weight is 279 g/mol. The lowest BCUT2D eigenvalue weighted by Gasteiger charge is -2.08. The normalized spacial score (nSPS) is 9.52. The molecule has 1 N–H and O–H groups in total. The molecule has 5 heteroatoms. The molecule has 21 heavy (non-hydrogen) atoms. The van der Waals surface area contributed by atoms with Crippen molar-refractivity contribution in [1.82, 2.24) is 9.78 Å². The molecule has 0 fully saturated rings. The van der Waals surface area contributed by atoms with E-state index in [2.05, 4.69) is 16.9 Å². The molecule has 1 aromatic heterocycles. The highest BCUT2D eigenvalue weighted by atomic mass is 16.2. The van der Waals surface area contributed by atoms with Crippen LogP contribution in [0.15, 0.2) is 41.2 Å². The lowest BCUT2D eigenvalue weighted by molar-refractivity contribution is 0.350. The van der Waals surface area contributed by atoms with Crippen LogP contribution < -0.4 is 5.56 Å². The van der Waals surface area contributed by atoms with Gasteiger partial charge in [0.15, 0.2) is 0 Å². The van der Waals surface area contributed by atoms with E-state index < -0.39 is 0 Å². The monoisotopic (exact) mass is 279 g/mol. The Hall–Kier alpha value is -2.89. The van der Waals surface area contributed by atoms with Crippen LogP contribution in [0, 0.1) is 23.2 Å². The van der Waals surface area contributed by atoms with Crippen molar-refractivity contribution in [2.45, 2.75) is 13.0 Å². The molecule has 0 aliphatic rings. The number of aliphatic hydroxyl groups is 1. The van der Waals surface area contributed by atoms with Crippen molar-refractivity contribution in [1.29, 1.82) is 5.26 Å². The molecule has 0 bridgehead atoms. The van der Waals surface area contributed by atoms with Gasteiger partial charge in [-0.15, -0.1) is 0 Å². The molecule has 0 saturated heterocycles. The van der Waals surface area contributed by atoms with E-state index in [0.29, 0.717) is 11.3 Å². The predicted molar refractivity (Wildman–Crippen MR) is 78.1 cm³/mol. The van der Waals surface area contributed by atoms with Crippen molar-refractivity contribution in [3.05, 3.63) is 52.3 Å². The van der Waals surface area contributed by atoms with Crippen LogP contribution in [0.4, 0.5) is 0 Å². The molecular formula is C16H13N3O2. The first-order valence-electron chi connectivity index (χ1n) is 6.40. The quantitative estimate of drug-likeness (QED) is 0.855. The number of aliphatic hydroxyl groups excluding tert-OH is 1. The van der Waals surface area contributed by atoms with E-state index in [1.165, 1.54) is 10.7 Å². The van der Waals surface area contributed by atoms with Crippen molar-refractivity contribution in [2.75, 3.05) is 6.61 Å². The van der Waals surface area contributed by atoms with E-state index >= 15 is 0 Å². The van der Waals surface area contributed by atoms with Gasteiger partial charge in [-0.2, -0.15) is 10.4 Å². The summed E-state index contributed by atoms with van der Waals surface area (Å²) in [6.45, 7) is -0.0470. The van der Waals surface area contributed by atoms with Gasteiger partial charge in [-0.3, -0.25) is 4.79 Å². The van der Waals surface area contributed by atoms with E-state index in [0.717, 1.165) is 5.56 Å². The van der Waals surface area contributed by atoms with Gasteiger partial charge < -0.3 is 5.11 Å². The van der Waals surface area contributed by atoms with E-state index in [1.54, 1.807) is 0 Å². The summed E-state index contributed by atoms with van der Waals surface area (Å²) in [4.78, 5) is 12.0. The summed E-state index contributed by atoms with van der Waals surface area (Å²) >= 11 is 0. The zero-order valence-corrected chi connectivity index (χ0v) is 11.3. The first-order valence-corrected chi connectivity index (χ1v) is 6.40. The summed E-state index contributed by atoms with van der Waals surface area (Å²) in [5.74, 6) is 5.27. The molecule has 0 amide bonds. The molecule has 0 spiro atoms. The summed E-state index contributed by atoms with van der Waals surface area (Å²) in [5, 5.41) is 21.7. The fourth-order valence-electron chi connectivity index (χ4n) is 1.85. The van der Waals surface area contributed by atoms with Crippen LogP contribution in [0.25, 0.3) is 11.3 Å². The third-order valence-corrected chi connectivity index (χ3v) is 2.78. The van der Waals surface area contributed by atoms with Crippen LogP contribution in [0.2, 0.25) is 0 Å². The van der Waals surface area contributed by atoms with Gasteiger partial charge in [0.25, 0.3) is 5.56 Å². The Bertz CT molecular complexity index is 777. The van der Waals surface area contributed by atoms with Gasteiger partial charge in [-0.05, 0) is 0 Å². The Balaban J connectivity index is 2.58. The van der Waals surface area contributed by atoms with Gasteiger partial charge in [-0.1, -0.05) is 42.2 Å². The highest BCUT2D eigenvalue weighted by Gasteiger charge is 2.09. The Kier molecular flexibility index (Phi) is 4.87. The predicted octanol–water partition coefficient (Wildman–Crippen LogP) is 1.17. The van der Waals surface area contributed by atoms with Gasteiger partial charge in [-0.25, -0.2) is 4.68 Å². The summed E-state index contributed by atoms with van der Waals surface area (Å²) in [7, 11) is 0. The van der Waals surface area contributed by atoms with Gasteiger partial charge >= 0.3 is 0 Å². The molecule has 1 heterocycles. The number of hydrogen-bond acceptors (Lipinski definition) is 4. The van der Waals surface area contributed by atoms with Crippen molar-refractivity contribution in [2.24, 2.45) is 0 Å². The maximum Gasteiger partial charge on any atom is 0.268 e. The SMILES string of the molecule is N#CCCn1nc(-c2ccccc2)c(C#CCO)cc1=O. The minimum atomic E-state index is -0.313. The highest BCUT2D eigenvalue weighted by Crippen LogP contribution is 2.18. The number of aryl methyl sites for hydroxylation is 1. The van der Waals surface area contributed by atoms with Gasteiger partial charge in [0.2, 0.25) is 0 Å². The molecule has 2 rings (SSSR count). The molecule has 0 atom stereocenters. The van der Waals surface area contributed by atoms with Crippen molar-refractivity contribution >= 4 is 0 Å². The van der Waals surface area contributed by atoms with Crippen LogP contribution in [-0.4, -0.2) is 21.5 Å². The number of hydrogen-bond donors (Lipinski definition) is 1. The molecule has 0 aliphatic carbocycles.